The number of nitrogens with zero attached hydrogens (tertiary/aromatic N) is 1. The van der Waals surface area contributed by atoms with Gasteiger partial charge in [0, 0.05) is 11.1 Å². The molecule has 3 unspecified atom stereocenters. The molecule has 4 heteroatoms. The molecule has 1 aromatic heterocycles. The summed E-state index contributed by atoms with van der Waals surface area (Å²) >= 11 is 1.75. The molecule has 1 aliphatic carbocycles. The van der Waals surface area contributed by atoms with Crippen molar-refractivity contribution in [3.05, 3.63) is 16.1 Å². The highest BCUT2D eigenvalue weighted by atomic mass is 32.1. The van der Waals surface area contributed by atoms with E-state index in [2.05, 4.69) is 22.6 Å². The van der Waals surface area contributed by atoms with Crippen LogP contribution in [-0.2, 0) is 0 Å². The Hall–Kier alpha value is -0.450. The Balaban J connectivity index is 1.81. The summed E-state index contributed by atoms with van der Waals surface area (Å²) in [5.74, 6) is 1.50. The number of hydrogen-bond donors (Lipinski definition) is 2. The first-order valence-corrected chi connectivity index (χ1v) is 7.44. The van der Waals surface area contributed by atoms with Crippen molar-refractivity contribution in [3.63, 3.8) is 0 Å². The van der Waals surface area contributed by atoms with Crippen LogP contribution in [0.5, 0.6) is 0 Å². The monoisotopic (exact) mass is 253 g/mol. The molecule has 96 valence electrons. The molecule has 1 fully saturated rings. The van der Waals surface area contributed by atoms with E-state index in [4.69, 9.17) is 5.73 Å². The molecule has 0 spiro atoms. The molecular formula is C13H23N3S. The van der Waals surface area contributed by atoms with Crippen molar-refractivity contribution < 1.29 is 0 Å². The van der Waals surface area contributed by atoms with Gasteiger partial charge in [-0.3, -0.25) is 0 Å². The summed E-state index contributed by atoms with van der Waals surface area (Å²) in [6, 6.07) is 0.368. The van der Waals surface area contributed by atoms with Gasteiger partial charge >= 0.3 is 0 Å². The van der Waals surface area contributed by atoms with E-state index in [0.29, 0.717) is 6.04 Å². The average Bonchev–Trinajstić information content (AvgIpc) is 2.94. The number of aromatic nitrogens is 1. The van der Waals surface area contributed by atoms with Gasteiger partial charge in [-0.25, -0.2) is 4.98 Å². The van der Waals surface area contributed by atoms with Crippen LogP contribution in [0, 0.1) is 18.8 Å². The van der Waals surface area contributed by atoms with Crippen molar-refractivity contribution in [2.75, 3.05) is 13.1 Å². The van der Waals surface area contributed by atoms with Gasteiger partial charge in [-0.15, -0.1) is 11.3 Å². The topological polar surface area (TPSA) is 50.9 Å². The van der Waals surface area contributed by atoms with Crippen molar-refractivity contribution in [3.8, 4) is 0 Å². The first-order chi connectivity index (χ1) is 8.20. The minimum Gasteiger partial charge on any atom is -0.330 e. The minimum absolute atomic E-state index is 0.368. The highest BCUT2D eigenvalue weighted by Gasteiger charge is 2.26. The predicted molar refractivity (Wildman–Crippen MR) is 73.2 cm³/mol. The van der Waals surface area contributed by atoms with Crippen LogP contribution in [0.3, 0.4) is 0 Å². The lowest BCUT2D eigenvalue weighted by atomic mass is 9.96. The van der Waals surface area contributed by atoms with E-state index in [1.54, 1.807) is 11.3 Å². The average molecular weight is 253 g/mol. The molecule has 1 heterocycles. The van der Waals surface area contributed by atoms with Crippen molar-refractivity contribution in [1.29, 1.82) is 0 Å². The van der Waals surface area contributed by atoms with E-state index in [1.165, 1.54) is 24.3 Å². The lowest BCUT2D eigenvalue weighted by molar-refractivity contribution is 0.359. The zero-order valence-electron chi connectivity index (χ0n) is 10.8. The molecule has 0 radical (unpaired) electrons. The molecule has 1 aromatic rings. The number of nitrogens with one attached hydrogen (secondary N) is 1. The summed E-state index contributed by atoms with van der Waals surface area (Å²) < 4.78 is 0. The molecule has 3 N–H and O–H groups in total. The summed E-state index contributed by atoms with van der Waals surface area (Å²) in [6.07, 6.45) is 3.99. The molecule has 0 bridgehead atoms. The van der Waals surface area contributed by atoms with Crippen molar-refractivity contribution in [2.24, 2.45) is 17.6 Å². The van der Waals surface area contributed by atoms with E-state index >= 15 is 0 Å². The Morgan fingerprint density at radius 1 is 1.53 bits per heavy atom. The number of nitrogens with two attached hydrogens (primary N) is 1. The van der Waals surface area contributed by atoms with Crippen LogP contribution in [0.4, 0.5) is 0 Å². The smallest absolute Gasteiger partial charge is 0.110 e. The fourth-order valence-corrected chi connectivity index (χ4v) is 3.51. The molecule has 0 saturated heterocycles. The quantitative estimate of drug-likeness (QED) is 0.847. The summed E-state index contributed by atoms with van der Waals surface area (Å²) in [4.78, 5) is 4.53. The van der Waals surface area contributed by atoms with Crippen LogP contribution in [0.1, 0.15) is 42.9 Å². The van der Waals surface area contributed by atoms with Gasteiger partial charge in [-0.1, -0.05) is 6.42 Å². The van der Waals surface area contributed by atoms with Crippen LogP contribution in [0.2, 0.25) is 0 Å². The van der Waals surface area contributed by atoms with E-state index in [1.807, 2.05) is 6.92 Å². The van der Waals surface area contributed by atoms with Crippen LogP contribution >= 0.6 is 11.3 Å². The molecule has 1 saturated carbocycles. The maximum Gasteiger partial charge on any atom is 0.110 e. The first kappa shape index (κ1) is 13.0. The summed E-state index contributed by atoms with van der Waals surface area (Å²) in [5, 5.41) is 6.93. The molecule has 2 rings (SSSR count). The number of hydrogen-bond acceptors (Lipinski definition) is 4. The third-order valence-electron chi connectivity index (χ3n) is 3.81. The third-order valence-corrected chi connectivity index (χ3v) is 4.96. The number of rotatable bonds is 5. The van der Waals surface area contributed by atoms with Gasteiger partial charge in [0.05, 0.1) is 6.04 Å². The predicted octanol–water partition coefficient (Wildman–Crippen LogP) is 2.48. The maximum atomic E-state index is 5.81. The second-order valence-corrected chi connectivity index (χ2v) is 6.03. The summed E-state index contributed by atoms with van der Waals surface area (Å²) in [6.45, 7) is 6.18. The first-order valence-electron chi connectivity index (χ1n) is 6.56. The van der Waals surface area contributed by atoms with Gasteiger partial charge in [0.25, 0.3) is 0 Å². The Bertz CT molecular complexity index is 350. The van der Waals surface area contributed by atoms with Crippen LogP contribution < -0.4 is 11.1 Å². The van der Waals surface area contributed by atoms with Crippen molar-refractivity contribution >= 4 is 11.3 Å². The Kier molecular flexibility index (Phi) is 4.54. The SMILES string of the molecule is Cc1csc(C(C)NCC2CCCC2CN)n1. The second kappa shape index (κ2) is 5.94. The normalized spacial score (nSPS) is 26.3. The fraction of sp³-hybridized carbons (Fsp3) is 0.769. The molecule has 0 aliphatic heterocycles. The van der Waals surface area contributed by atoms with Crippen molar-refractivity contribution in [2.45, 2.75) is 39.2 Å². The summed E-state index contributed by atoms with van der Waals surface area (Å²) in [5.41, 5.74) is 6.93. The lowest BCUT2D eigenvalue weighted by Crippen LogP contribution is -2.30. The van der Waals surface area contributed by atoms with Gasteiger partial charge in [0.1, 0.15) is 5.01 Å². The van der Waals surface area contributed by atoms with E-state index < -0.39 is 0 Å². The van der Waals surface area contributed by atoms with Crippen LogP contribution in [0.15, 0.2) is 5.38 Å². The number of aryl methyl sites for hydroxylation is 1. The molecule has 0 amide bonds. The molecule has 1 aliphatic rings. The van der Waals surface area contributed by atoms with Crippen LogP contribution in [-0.4, -0.2) is 18.1 Å². The zero-order valence-corrected chi connectivity index (χ0v) is 11.6. The van der Waals surface area contributed by atoms with Gasteiger partial charge in [-0.2, -0.15) is 0 Å². The maximum absolute atomic E-state index is 5.81. The lowest BCUT2D eigenvalue weighted by Gasteiger charge is -2.20. The molecule has 17 heavy (non-hydrogen) atoms. The number of thiazole rings is 1. The third kappa shape index (κ3) is 3.27. The largest absolute Gasteiger partial charge is 0.330 e. The second-order valence-electron chi connectivity index (χ2n) is 5.14. The summed E-state index contributed by atoms with van der Waals surface area (Å²) in [7, 11) is 0. The standard InChI is InChI=1S/C13H23N3S/c1-9-8-17-13(16-9)10(2)15-7-12-5-3-4-11(12)6-14/h8,10-12,15H,3-7,14H2,1-2H3. The molecular weight excluding hydrogens is 230 g/mol. The highest BCUT2D eigenvalue weighted by molar-refractivity contribution is 7.09. The van der Waals surface area contributed by atoms with Crippen molar-refractivity contribution in [1.82, 2.24) is 10.3 Å². The van der Waals surface area contributed by atoms with E-state index in [9.17, 15) is 0 Å². The zero-order chi connectivity index (χ0) is 12.3. The Morgan fingerprint density at radius 3 is 2.94 bits per heavy atom. The highest BCUT2D eigenvalue weighted by Crippen LogP contribution is 2.30. The van der Waals surface area contributed by atoms with Gasteiger partial charge in [-0.05, 0) is 51.6 Å². The minimum atomic E-state index is 0.368. The van der Waals surface area contributed by atoms with Gasteiger partial charge in [0.15, 0.2) is 0 Å². The van der Waals surface area contributed by atoms with E-state index in [-0.39, 0.29) is 0 Å². The van der Waals surface area contributed by atoms with Gasteiger partial charge < -0.3 is 11.1 Å². The Morgan fingerprint density at radius 2 is 2.29 bits per heavy atom. The fourth-order valence-electron chi connectivity index (χ4n) is 2.68. The molecule has 3 nitrogen and oxygen atoms in total. The Labute approximate surface area is 108 Å². The van der Waals surface area contributed by atoms with Gasteiger partial charge in [0.2, 0.25) is 0 Å². The van der Waals surface area contributed by atoms with E-state index in [0.717, 1.165) is 30.6 Å². The molecule has 0 aromatic carbocycles. The molecule has 3 atom stereocenters. The van der Waals surface area contributed by atoms with Crippen LogP contribution in [0.25, 0.3) is 0 Å².